The number of hydrogen-bond acceptors (Lipinski definition) is 5. The number of likely N-dealkylation sites (N-methyl/N-ethyl adjacent to an activating group) is 1. The Balaban J connectivity index is 1.83. The summed E-state index contributed by atoms with van der Waals surface area (Å²) < 4.78 is 11.2. The van der Waals surface area contributed by atoms with Gasteiger partial charge in [0.1, 0.15) is 5.75 Å². The van der Waals surface area contributed by atoms with E-state index in [1.54, 1.807) is 25.4 Å². The minimum atomic E-state index is -0.908. The van der Waals surface area contributed by atoms with Gasteiger partial charge in [0, 0.05) is 36.5 Å². The zero-order chi connectivity index (χ0) is 28.5. The summed E-state index contributed by atoms with van der Waals surface area (Å²) in [6.07, 6.45) is 1.97. The number of aliphatic carboxylic acids is 1. The zero-order valence-corrected chi connectivity index (χ0v) is 23.1. The van der Waals surface area contributed by atoms with Crippen molar-refractivity contribution in [2.75, 3.05) is 20.3 Å². The van der Waals surface area contributed by atoms with E-state index in [9.17, 15) is 14.7 Å². The molecule has 7 nitrogen and oxygen atoms in total. The normalized spacial score (nSPS) is 10.7. The van der Waals surface area contributed by atoms with Gasteiger partial charge in [-0.15, -0.1) is 0 Å². The van der Waals surface area contributed by atoms with Gasteiger partial charge in [-0.1, -0.05) is 54.6 Å². The van der Waals surface area contributed by atoms with Crippen LogP contribution in [-0.4, -0.2) is 47.1 Å². The molecule has 3 aromatic carbocycles. The Morgan fingerprint density at radius 3 is 2.27 bits per heavy atom. The number of carboxylic acids is 1. The third-order valence-corrected chi connectivity index (χ3v) is 6.71. The highest BCUT2D eigenvalue weighted by molar-refractivity contribution is 5.84. The molecule has 0 radical (unpaired) electrons. The van der Waals surface area contributed by atoms with E-state index in [2.05, 4.69) is 4.98 Å². The highest BCUT2D eigenvalue weighted by Gasteiger charge is 2.21. The van der Waals surface area contributed by atoms with E-state index in [0.29, 0.717) is 43.3 Å². The number of carbonyl (C=O) groups is 2. The summed E-state index contributed by atoms with van der Waals surface area (Å²) in [4.78, 5) is 31.2. The van der Waals surface area contributed by atoms with E-state index in [1.807, 2.05) is 85.5 Å². The molecule has 7 heteroatoms. The molecular formula is C33H34N2O5. The largest absolute Gasteiger partial charge is 0.496 e. The Hall–Kier alpha value is -4.65. The lowest BCUT2D eigenvalue weighted by Gasteiger charge is -2.25. The molecule has 40 heavy (non-hydrogen) atoms. The molecule has 206 valence electrons. The predicted molar refractivity (Wildman–Crippen MR) is 155 cm³/mol. The van der Waals surface area contributed by atoms with E-state index >= 15 is 0 Å². The molecule has 0 aliphatic rings. The van der Waals surface area contributed by atoms with Crippen molar-refractivity contribution >= 4 is 11.9 Å². The predicted octanol–water partition coefficient (Wildman–Crippen LogP) is 6.04. The summed E-state index contributed by atoms with van der Waals surface area (Å²) in [6, 6.07) is 24.9. The highest BCUT2D eigenvalue weighted by Crippen LogP contribution is 2.38. The Kier molecular flexibility index (Phi) is 9.52. The average Bonchev–Trinajstić information content (AvgIpc) is 2.96. The van der Waals surface area contributed by atoms with Gasteiger partial charge in [-0.25, -0.2) is 4.98 Å². The highest BCUT2D eigenvalue weighted by atomic mass is 16.5. The van der Waals surface area contributed by atoms with Crippen molar-refractivity contribution in [1.82, 2.24) is 9.88 Å². The van der Waals surface area contributed by atoms with Gasteiger partial charge >= 0.3 is 5.97 Å². The number of methoxy groups -OCH3 is 1. The van der Waals surface area contributed by atoms with Crippen LogP contribution in [0.25, 0.3) is 22.3 Å². The van der Waals surface area contributed by atoms with E-state index in [-0.39, 0.29) is 12.3 Å². The van der Waals surface area contributed by atoms with E-state index in [0.717, 1.165) is 33.4 Å². The van der Waals surface area contributed by atoms with Crippen molar-refractivity contribution in [1.29, 1.82) is 0 Å². The van der Waals surface area contributed by atoms with Crippen molar-refractivity contribution < 1.29 is 24.2 Å². The lowest BCUT2D eigenvalue weighted by atomic mass is 9.90. The lowest BCUT2D eigenvalue weighted by Crippen LogP contribution is -2.32. The minimum Gasteiger partial charge on any atom is -0.496 e. The monoisotopic (exact) mass is 538 g/mol. The molecule has 0 fully saturated rings. The van der Waals surface area contributed by atoms with Gasteiger partial charge in [0.05, 0.1) is 26.6 Å². The fourth-order valence-corrected chi connectivity index (χ4v) is 4.75. The second-order valence-corrected chi connectivity index (χ2v) is 9.33. The summed E-state index contributed by atoms with van der Waals surface area (Å²) >= 11 is 0. The van der Waals surface area contributed by atoms with Crippen LogP contribution < -0.4 is 9.47 Å². The van der Waals surface area contributed by atoms with Crippen molar-refractivity contribution in [3.63, 3.8) is 0 Å². The van der Waals surface area contributed by atoms with Gasteiger partial charge in [0.2, 0.25) is 11.8 Å². The van der Waals surface area contributed by atoms with Crippen molar-refractivity contribution in [3.05, 3.63) is 102 Å². The van der Waals surface area contributed by atoms with Crippen LogP contribution in [0.5, 0.6) is 11.6 Å². The Labute approximate surface area is 235 Å². The summed E-state index contributed by atoms with van der Waals surface area (Å²) in [7, 11) is 1.59. The van der Waals surface area contributed by atoms with Crippen LogP contribution in [0.1, 0.15) is 30.5 Å². The third-order valence-electron chi connectivity index (χ3n) is 6.71. The molecule has 1 amide bonds. The SMILES string of the molecule is CCOc1ccc(-c2cccc(-c3cc(CC(=O)O)ccc3OC)c2CN(CC)C(=O)Cc2ccccc2)cn1. The second kappa shape index (κ2) is 13.4. The molecule has 1 heterocycles. The summed E-state index contributed by atoms with van der Waals surface area (Å²) in [5.41, 5.74) is 5.97. The van der Waals surface area contributed by atoms with Crippen molar-refractivity contribution in [2.45, 2.75) is 33.2 Å². The topological polar surface area (TPSA) is 89.0 Å². The number of rotatable bonds is 12. The first kappa shape index (κ1) is 28.4. The van der Waals surface area contributed by atoms with Crippen LogP contribution in [0, 0.1) is 0 Å². The van der Waals surface area contributed by atoms with Gasteiger partial charge in [-0.05, 0) is 59.9 Å². The fraction of sp³-hybridized carbons (Fsp3) is 0.242. The fourth-order valence-electron chi connectivity index (χ4n) is 4.75. The average molecular weight is 539 g/mol. The number of carbonyl (C=O) groups excluding carboxylic acids is 1. The quantitative estimate of drug-likeness (QED) is 0.237. The van der Waals surface area contributed by atoms with E-state index in [4.69, 9.17) is 9.47 Å². The zero-order valence-electron chi connectivity index (χ0n) is 23.1. The lowest BCUT2D eigenvalue weighted by molar-refractivity contribution is -0.136. The van der Waals surface area contributed by atoms with Gasteiger partial charge in [0.15, 0.2) is 0 Å². The second-order valence-electron chi connectivity index (χ2n) is 9.33. The molecule has 0 saturated heterocycles. The van der Waals surface area contributed by atoms with Crippen LogP contribution in [-0.2, 0) is 29.0 Å². The van der Waals surface area contributed by atoms with Crippen LogP contribution in [0.4, 0.5) is 0 Å². The Morgan fingerprint density at radius 1 is 0.850 bits per heavy atom. The maximum Gasteiger partial charge on any atom is 0.307 e. The molecule has 1 aromatic heterocycles. The standard InChI is InChI=1S/C33H34N2O5/c1-4-35(32(36)19-23-10-7-6-8-11-23)22-29-26(25-15-17-31(34-21-25)40-5-2)12-9-13-27(29)28-18-24(20-33(37)38)14-16-30(28)39-3/h6-18,21H,4-5,19-20,22H2,1-3H3,(H,37,38). The first-order valence-corrected chi connectivity index (χ1v) is 13.3. The first-order valence-electron chi connectivity index (χ1n) is 13.3. The Bertz CT molecular complexity index is 1450. The number of carboxylic acid groups (broad SMARTS) is 1. The van der Waals surface area contributed by atoms with Crippen LogP contribution in [0.2, 0.25) is 0 Å². The number of aromatic nitrogens is 1. The molecule has 4 rings (SSSR count). The van der Waals surface area contributed by atoms with E-state index < -0.39 is 5.97 Å². The molecule has 0 atom stereocenters. The number of amides is 1. The summed E-state index contributed by atoms with van der Waals surface area (Å²) in [5.74, 6) is 0.274. The first-order chi connectivity index (χ1) is 19.4. The smallest absolute Gasteiger partial charge is 0.307 e. The molecule has 0 bridgehead atoms. The molecule has 0 aliphatic carbocycles. The minimum absolute atomic E-state index is 0.0193. The number of benzene rings is 3. The molecule has 0 saturated carbocycles. The molecule has 0 spiro atoms. The molecule has 1 N–H and O–H groups in total. The molecule has 0 unspecified atom stereocenters. The van der Waals surface area contributed by atoms with E-state index in [1.165, 1.54) is 0 Å². The third kappa shape index (κ3) is 6.86. The molecular weight excluding hydrogens is 504 g/mol. The van der Waals surface area contributed by atoms with Gasteiger partial charge in [-0.2, -0.15) is 0 Å². The maximum atomic E-state index is 13.5. The number of ether oxygens (including phenoxy) is 2. The molecule has 4 aromatic rings. The van der Waals surface area contributed by atoms with Gasteiger partial charge in [0.25, 0.3) is 0 Å². The van der Waals surface area contributed by atoms with Gasteiger partial charge < -0.3 is 19.5 Å². The van der Waals surface area contributed by atoms with Gasteiger partial charge in [-0.3, -0.25) is 9.59 Å². The molecule has 0 aliphatic heterocycles. The number of hydrogen-bond donors (Lipinski definition) is 1. The summed E-state index contributed by atoms with van der Waals surface area (Å²) in [6.45, 7) is 5.28. The Morgan fingerprint density at radius 2 is 1.62 bits per heavy atom. The number of pyridine rings is 1. The van der Waals surface area contributed by atoms with Crippen LogP contribution >= 0.6 is 0 Å². The summed E-state index contributed by atoms with van der Waals surface area (Å²) in [5, 5.41) is 9.40. The van der Waals surface area contributed by atoms with Crippen LogP contribution in [0.3, 0.4) is 0 Å². The maximum absolute atomic E-state index is 13.5. The van der Waals surface area contributed by atoms with Crippen molar-refractivity contribution in [2.24, 2.45) is 0 Å². The number of nitrogens with zero attached hydrogens (tertiary/aromatic N) is 2. The van der Waals surface area contributed by atoms with Crippen molar-refractivity contribution in [3.8, 4) is 33.9 Å². The van der Waals surface area contributed by atoms with Crippen LogP contribution in [0.15, 0.2) is 85.1 Å².